The van der Waals surface area contributed by atoms with Gasteiger partial charge in [-0.15, -0.1) is 0 Å². The number of rotatable bonds is 2. The molecule has 0 fully saturated rings. The summed E-state index contributed by atoms with van der Waals surface area (Å²) in [6.07, 6.45) is 1.96. The molecule has 0 aliphatic carbocycles. The molecule has 0 unspecified atom stereocenters. The Balaban J connectivity index is 2.09. The van der Waals surface area contributed by atoms with Crippen LogP contribution in [0.15, 0.2) is 48.7 Å². The van der Waals surface area contributed by atoms with Gasteiger partial charge in [0, 0.05) is 11.9 Å². The van der Waals surface area contributed by atoms with Crippen LogP contribution in [0.4, 0.5) is 0 Å². The van der Waals surface area contributed by atoms with Gasteiger partial charge in [0.15, 0.2) is 4.80 Å². The molecule has 0 aliphatic rings. The first-order valence-corrected chi connectivity index (χ1v) is 7.91. The lowest BCUT2D eigenvalue weighted by atomic mass is 10.2. The van der Waals surface area contributed by atoms with E-state index in [4.69, 9.17) is 28.6 Å². The molecular weight excluding hydrogens is 323 g/mol. The zero-order chi connectivity index (χ0) is 15.0. The second-order valence-electron chi connectivity index (χ2n) is 4.74. The van der Waals surface area contributed by atoms with Gasteiger partial charge in [-0.2, -0.15) is 0 Å². The quantitative estimate of drug-likeness (QED) is 0.658. The fourth-order valence-corrected chi connectivity index (χ4v) is 3.27. The van der Waals surface area contributed by atoms with Crippen LogP contribution >= 0.6 is 34.5 Å². The molecule has 0 aliphatic heterocycles. The maximum absolute atomic E-state index is 8.17. The Labute approximate surface area is 136 Å². The van der Waals surface area contributed by atoms with Crippen molar-refractivity contribution >= 4 is 34.5 Å². The standard InChI is InChI=1S/C16H12Cl2N2S/c1-10-3-2-4-12(7-10)20-9-15(21-16(20)19)11-5-6-13(17)14(18)8-11/h2-9,19H,1H3. The van der Waals surface area contributed by atoms with E-state index in [9.17, 15) is 0 Å². The highest BCUT2D eigenvalue weighted by Crippen LogP contribution is 2.30. The maximum Gasteiger partial charge on any atom is 0.187 e. The fourth-order valence-electron chi connectivity index (χ4n) is 2.11. The lowest BCUT2D eigenvalue weighted by Gasteiger charge is -2.03. The van der Waals surface area contributed by atoms with Crippen molar-refractivity contribution in [3.05, 3.63) is 69.1 Å². The molecule has 2 aromatic carbocycles. The number of thiazole rings is 1. The number of halogens is 2. The Morgan fingerprint density at radius 1 is 1.05 bits per heavy atom. The van der Waals surface area contributed by atoms with Gasteiger partial charge in [-0.3, -0.25) is 9.98 Å². The predicted molar refractivity (Wildman–Crippen MR) is 89.7 cm³/mol. The molecule has 1 N–H and O–H groups in total. The molecular formula is C16H12Cl2N2S. The second kappa shape index (κ2) is 5.68. The molecule has 0 saturated heterocycles. The van der Waals surface area contributed by atoms with Crippen molar-refractivity contribution in [3.8, 4) is 16.1 Å². The van der Waals surface area contributed by atoms with Crippen LogP contribution in [0.25, 0.3) is 16.1 Å². The van der Waals surface area contributed by atoms with Gasteiger partial charge in [-0.1, -0.05) is 52.7 Å². The van der Waals surface area contributed by atoms with E-state index in [0.717, 1.165) is 16.1 Å². The number of hydrogen-bond acceptors (Lipinski definition) is 2. The van der Waals surface area contributed by atoms with Crippen molar-refractivity contribution in [3.63, 3.8) is 0 Å². The van der Waals surface area contributed by atoms with E-state index in [0.29, 0.717) is 14.8 Å². The third kappa shape index (κ3) is 2.91. The molecule has 3 rings (SSSR count). The number of benzene rings is 2. The summed E-state index contributed by atoms with van der Waals surface area (Å²) in [5.74, 6) is 0. The molecule has 0 bridgehead atoms. The Morgan fingerprint density at radius 2 is 1.86 bits per heavy atom. The van der Waals surface area contributed by atoms with Crippen molar-refractivity contribution in [2.75, 3.05) is 0 Å². The summed E-state index contributed by atoms with van der Waals surface area (Å²) in [7, 11) is 0. The van der Waals surface area contributed by atoms with E-state index in [1.54, 1.807) is 6.07 Å². The van der Waals surface area contributed by atoms with Gasteiger partial charge in [0.05, 0.1) is 14.9 Å². The SMILES string of the molecule is Cc1cccc(-n2cc(-c3ccc(Cl)c(Cl)c3)sc2=N)c1. The first-order chi connectivity index (χ1) is 10.0. The molecule has 0 radical (unpaired) electrons. The van der Waals surface area contributed by atoms with Gasteiger partial charge >= 0.3 is 0 Å². The van der Waals surface area contributed by atoms with Crippen LogP contribution in [0.2, 0.25) is 10.0 Å². The molecule has 0 saturated carbocycles. The molecule has 106 valence electrons. The van der Waals surface area contributed by atoms with Gasteiger partial charge in [0.1, 0.15) is 0 Å². The van der Waals surface area contributed by atoms with Gasteiger partial charge < -0.3 is 0 Å². The van der Waals surface area contributed by atoms with Crippen LogP contribution in [0.5, 0.6) is 0 Å². The Hall–Kier alpha value is -1.55. The number of nitrogens with zero attached hydrogens (tertiary/aromatic N) is 1. The molecule has 0 atom stereocenters. The minimum Gasteiger partial charge on any atom is -0.292 e. The smallest absolute Gasteiger partial charge is 0.187 e. The van der Waals surface area contributed by atoms with Crippen molar-refractivity contribution in [1.82, 2.24) is 4.57 Å². The van der Waals surface area contributed by atoms with Gasteiger partial charge in [0.25, 0.3) is 0 Å². The third-order valence-electron chi connectivity index (χ3n) is 3.16. The number of aromatic nitrogens is 1. The predicted octanol–water partition coefficient (Wildman–Crippen LogP) is 5.30. The number of aryl methyl sites for hydroxylation is 1. The Morgan fingerprint density at radius 3 is 2.57 bits per heavy atom. The first-order valence-electron chi connectivity index (χ1n) is 6.34. The molecule has 2 nitrogen and oxygen atoms in total. The monoisotopic (exact) mass is 334 g/mol. The normalized spacial score (nSPS) is 10.8. The van der Waals surface area contributed by atoms with E-state index >= 15 is 0 Å². The molecule has 1 aromatic heterocycles. The Bertz CT molecular complexity index is 865. The van der Waals surface area contributed by atoms with E-state index in [1.165, 1.54) is 16.9 Å². The highest BCUT2D eigenvalue weighted by atomic mass is 35.5. The summed E-state index contributed by atoms with van der Waals surface area (Å²) in [5.41, 5.74) is 3.12. The minimum atomic E-state index is 0.474. The van der Waals surface area contributed by atoms with Gasteiger partial charge in [-0.05, 0) is 42.3 Å². The molecule has 0 amide bonds. The summed E-state index contributed by atoms with van der Waals surface area (Å²) in [6, 6.07) is 13.6. The minimum absolute atomic E-state index is 0.474. The number of hydrogen-bond donors (Lipinski definition) is 1. The Kier molecular flexibility index (Phi) is 3.89. The van der Waals surface area contributed by atoms with Crippen LogP contribution in [-0.4, -0.2) is 4.57 Å². The summed E-state index contributed by atoms with van der Waals surface area (Å²) < 4.78 is 1.87. The van der Waals surface area contributed by atoms with Crippen LogP contribution < -0.4 is 4.80 Å². The van der Waals surface area contributed by atoms with Crippen LogP contribution in [0.1, 0.15) is 5.56 Å². The van der Waals surface area contributed by atoms with E-state index in [-0.39, 0.29) is 0 Å². The van der Waals surface area contributed by atoms with Gasteiger partial charge in [0.2, 0.25) is 0 Å². The van der Waals surface area contributed by atoms with Crippen LogP contribution in [-0.2, 0) is 0 Å². The molecule has 0 spiro atoms. The lowest BCUT2D eigenvalue weighted by molar-refractivity contribution is 0.978. The average Bonchev–Trinajstić information content (AvgIpc) is 2.84. The van der Waals surface area contributed by atoms with E-state index in [1.807, 2.05) is 48.0 Å². The maximum atomic E-state index is 8.17. The van der Waals surface area contributed by atoms with Crippen molar-refractivity contribution in [2.24, 2.45) is 0 Å². The van der Waals surface area contributed by atoms with Crippen molar-refractivity contribution in [1.29, 1.82) is 5.41 Å². The topological polar surface area (TPSA) is 28.8 Å². The van der Waals surface area contributed by atoms with E-state index < -0.39 is 0 Å². The van der Waals surface area contributed by atoms with E-state index in [2.05, 4.69) is 6.07 Å². The van der Waals surface area contributed by atoms with Crippen molar-refractivity contribution < 1.29 is 0 Å². The molecule has 5 heteroatoms. The highest BCUT2D eigenvalue weighted by Gasteiger charge is 2.08. The third-order valence-corrected chi connectivity index (χ3v) is 4.85. The summed E-state index contributed by atoms with van der Waals surface area (Å²) >= 11 is 13.4. The molecule has 1 heterocycles. The first kappa shape index (κ1) is 14.4. The zero-order valence-corrected chi connectivity index (χ0v) is 13.6. The van der Waals surface area contributed by atoms with Gasteiger partial charge in [-0.25, -0.2) is 0 Å². The summed E-state index contributed by atoms with van der Waals surface area (Å²) in [6.45, 7) is 2.04. The molecule has 3 aromatic rings. The average molecular weight is 335 g/mol. The lowest BCUT2D eigenvalue weighted by Crippen LogP contribution is -2.09. The van der Waals surface area contributed by atoms with Crippen LogP contribution in [0.3, 0.4) is 0 Å². The van der Waals surface area contributed by atoms with Crippen LogP contribution in [0, 0.1) is 12.3 Å². The second-order valence-corrected chi connectivity index (χ2v) is 6.58. The largest absolute Gasteiger partial charge is 0.292 e. The van der Waals surface area contributed by atoms with Crippen molar-refractivity contribution in [2.45, 2.75) is 6.92 Å². The fraction of sp³-hybridized carbons (Fsp3) is 0.0625. The zero-order valence-electron chi connectivity index (χ0n) is 11.2. The summed E-state index contributed by atoms with van der Waals surface area (Å²) in [5, 5.41) is 9.23. The number of nitrogens with one attached hydrogen (secondary N) is 1. The highest BCUT2D eigenvalue weighted by molar-refractivity contribution is 7.12. The summed E-state index contributed by atoms with van der Waals surface area (Å²) in [4.78, 5) is 1.46. The molecule has 21 heavy (non-hydrogen) atoms.